The van der Waals surface area contributed by atoms with Crippen LogP contribution in [0.1, 0.15) is 66.8 Å². The largest absolute Gasteiger partial charge is 0.347 e. The molecule has 0 bridgehead atoms. The van der Waals surface area contributed by atoms with Gasteiger partial charge in [0.2, 0.25) is 5.82 Å². The molecule has 0 unspecified atom stereocenters. The van der Waals surface area contributed by atoms with E-state index < -0.39 is 0 Å². The van der Waals surface area contributed by atoms with Gasteiger partial charge in [0.1, 0.15) is 6.33 Å². The Labute approximate surface area is 138 Å². The maximum atomic E-state index is 12.1. The second-order valence-electron chi connectivity index (χ2n) is 6.63. The summed E-state index contributed by atoms with van der Waals surface area (Å²) < 4.78 is 1.65. The van der Waals surface area contributed by atoms with Crippen LogP contribution in [0.4, 0.5) is 0 Å². The lowest BCUT2D eigenvalue weighted by Crippen LogP contribution is -2.40. The van der Waals surface area contributed by atoms with Crippen LogP contribution in [0, 0.1) is 0 Å². The zero-order valence-corrected chi connectivity index (χ0v) is 13.3. The van der Waals surface area contributed by atoms with E-state index in [-0.39, 0.29) is 29.4 Å². The van der Waals surface area contributed by atoms with Crippen LogP contribution in [0.3, 0.4) is 0 Å². The predicted octanol–water partition coefficient (Wildman–Crippen LogP) is 1.15. The first-order chi connectivity index (χ1) is 11.7. The van der Waals surface area contributed by atoms with E-state index in [1.165, 1.54) is 19.2 Å². The van der Waals surface area contributed by atoms with Crippen molar-refractivity contribution in [2.45, 2.75) is 56.5 Å². The molecule has 2 N–H and O–H groups in total. The third-order valence-electron chi connectivity index (χ3n) is 4.85. The number of H-pyrrole nitrogens is 1. The molecule has 4 rings (SSSR count). The number of carbonyl (C=O) groups excluding carboxylic acids is 1. The van der Waals surface area contributed by atoms with Crippen LogP contribution in [-0.2, 0) is 0 Å². The number of rotatable bonds is 4. The van der Waals surface area contributed by atoms with E-state index in [9.17, 15) is 9.59 Å². The zero-order chi connectivity index (χ0) is 16.5. The molecule has 8 nitrogen and oxygen atoms in total. The van der Waals surface area contributed by atoms with Crippen molar-refractivity contribution in [3.05, 3.63) is 40.3 Å². The van der Waals surface area contributed by atoms with Gasteiger partial charge in [-0.3, -0.25) is 14.7 Å². The van der Waals surface area contributed by atoms with E-state index in [4.69, 9.17) is 0 Å². The van der Waals surface area contributed by atoms with Crippen molar-refractivity contribution in [3.8, 4) is 0 Å². The van der Waals surface area contributed by atoms with Crippen molar-refractivity contribution >= 4 is 5.91 Å². The SMILES string of the molecule is O=C(NC1CCC(n2nc(C3CC3)ccc2=O)CC1)c1ncn[nH]1. The number of carbonyl (C=O) groups is 1. The maximum absolute atomic E-state index is 12.1. The Morgan fingerprint density at radius 2 is 1.96 bits per heavy atom. The van der Waals surface area contributed by atoms with Crippen molar-refractivity contribution < 1.29 is 4.79 Å². The van der Waals surface area contributed by atoms with Crippen LogP contribution in [0.5, 0.6) is 0 Å². The van der Waals surface area contributed by atoms with E-state index in [2.05, 4.69) is 25.6 Å². The molecule has 2 aromatic rings. The number of hydrogen-bond acceptors (Lipinski definition) is 5. The number of aromatic nitrogens is 5. The molecule has 2 aromatic heterocycles. The minimum atomic E-state index is -0.234. The Kier molecular flexibility index (Phi) is 3.87. The molecule has 0 saturated heterocycles. The van der Waals surface area contributed by atoms with Gasteiger partial charge in [-0.05, 0) is 44.6 Å². The third-order valence-corrected chi connectivity index (χ3v) is 4.85. The fraction of sp³-hybridized carbons (Fsp3) is 0.562. The first-order valence-electron chi connectivity index (χ1n) is 8.46. The fourth-order valence-corrected chi connectivity index (χ4v) is 3.33. The lowest BCUT2D eigenvalue weighted by atomic mass is 9.91. The highest BCUT2D eigenvalue weighted by molar-refractivity contribution is 5.90. The highest BCUT2D eigenvalue weighted by atomic mass is 16.2. The molecule has 8 heteroatoms. The quantitative estimate of drug-likeness (QED) is 0.876. The summed E-state index contributed by atoms with van der Waals surface area (Å²) in [7, 11) is 0. The van der Waals surface area contributed by atoms with E-state index in [0.717, 1.165) is 31.4 Å². The van der Waals surface area contributed by atoms with E-state index >= 15 is 0 Å². The average Bonchev–Trinajstić information content (AvgIpc) is 3.30. The molecule has 0 aromatic carbocycles. The minimum absolute atomic E-state index is 0.0338. The fourth-order valence-electron chi connectivity index (χ4n) is 3.33. The molecule has 0 radical (unpaired) electrons. The maximum Gasteiger partial charge on any atom is 0.288 e. The van der Waals surface area contributed by atoms with Crippen LogP contribution < -0.4 is 10.9 Å². The van der Waals surface area contributed by atoms with Crippen molar-refractivity contribution in [1.82, 2.24) is 30.3 Å². The highest BCUT2D eigenvalue weighted by Crippen LogP contribution is 2.38. The molecular weight excluding hydrogens is 308 g/mol. The van der Waals surface area contributed by atoms with Gasteiger partial charge >= 0.3 is 0 Å². The lowest BCUT2D eigenvalue weighted by Gasteiger charge is -2.29. The van der Waals surface area contributed by atoms with E-state index in [1.807, 2.05) is 6.07 Å². The Morgan fingerprint density at radius 1 is 1.17 bits per heavy atom. The molecule has 24 heavy (non-hydrogen) atoms. The van der Waals surface area contributed by atoms with Crippen LogP contribution in [0.2, 0.25) is 0 Å². The summed E-state index contributed by atoms with van der Waals surface area (Å²) in [5.74, 6) is 0.531. The van der Waals surface area contributed by atoms with Gasteiger partial charge in [0.25, 0.3) is 11.5 Å². The molecule has 0 atom stereocenters. The van der Waals surface area contributed by atoms with E-state index in [0.29, 0.717) is 5.92 Å². The second kappa shape index (κ2) is 6.18. The van der Waals surface area contributed by atoms with Gasteiger partial charge in [-0.2, -0.15) is 10.2 Å². The molecule has 2 aliphatic carbocycles. The number of nitrogens with one attached hydrogen (secondary N) is 2. The van der Waals surface area contributed by atoms with Gasteiger partial charge in [-0.25, -0.2) is 9.67 Å². The molecule has 2 saturated carbocycles. The monoisotopic (exact) mass is 328 g/mol. The summed E-state index contributed by atoms with van der Waals surface area (Å²) in [5, 5.41) is 13.8. The van der Waals surface area contributed by atoms with Crippen LogP contribution in [0.15, 0.2) is 23.3 Å². The lowest BCUT2D eigenvalue weighted by molar-refractivity contribution is 0.0911. The number of hydrogen-bond donors (Lipinski definition) is 2. The second-order valence-corrected chi connectivity index (χ2v) is 6.63. The Morgan fingerprint density at radius 3 is 2.62 bits per heavy atom. The van der Waals surface area contributed by atoms with Crippen LogP contribution >= 0.6 is 0 Å². The van der Waals surface area contributed by atoms with Gasteiger partial charge < -0.3 is 5.32 Å². The van der Waals surface area contributed by atoms with Gasteiger partial charge in [0.05, 0.1) is 11.7 Å². The van der Waals surface area contributed by atoms with Gasteiger partial charge in [0.15, 0.2) is 0 Å². The summed E-state index contributed by atoms with van der Waals surface area (Å²) in [5.41, 5.74) is 1.00. The summed E-state index contributed by atoms with van der Waals surface area (Å²) in [6, 6.07) is 3.72. The molecule has 2 aliphatic rings. The number of nitrogens with zero attached hydrogens (tertiary/aromatic N) is 4. The molecule has 1 amide bonds. The van der Waals surface area contributed by atoms with Crippen LogP contribution in [-0.4, -0.2) is 36.9 Å². The number of aromatic amines is 1. The average molecular weight is 328 g/mol. The summed E-state index contributed by atoms with van der Waals surface area (Å²) in [4.78, 5) is 28.0. The third kappa shape index (κ3) is 3.08. The normalized spacial score (nSPS) is 23.8. The number of amides is 1. The van der Waals surface area contributed by atoms with Crippen molar-refractivity contribution in [3.63, 3.8) is 0 Å². The molecule has 0 aliphatic heterocycles. The van der Waals surface area contributed by atoms with Crippen molar-refractivity contribution in [2.75, 3.05) is 0 Å². The zero-order valence-electron chi connectivity index (χ0n) is 13.3. The Hall–Kier alpha value is -2.51. The Bertz CT molecular complexity index is 772. The van der Waals surface area contributed by atoms with Crippen molar-refractivity contribution in [2.24, 2.45) is 0 Å². The topological polar surface area (TPSA) is 106 Å². The molecular formula is C16H20N6O2. The molecule has 2 fully saturated rings. The summed E-state index contributed by atoms with van der Waals surface area (Å²) in [6.07, 6.45) is 6.98. The molecule has 0 spiro atoms. The van der Waals surface area contributed by atoms with E-state index in [1.54, 1.807) is 10.7 Å². The van der Waals surface area contributed by atoms with Gasteiger partial charge in [0, 0.05) is 18.0 Å². The Balaban J connectivity index is 1.38. The smallest absolute Gasteiger partial charge is 0.288 e. The van der Waals surface area contributed by atoms with Gasteiger partial charge in [-0.15, -0.1) is 0 Å². The first kappa shape index (κ1) is 15.0. The summed E-state index contributed by atoms with van der Waals surface area (Å²) >= 11 is 0. The standard InChI is InChI=1S/C16H20N6O2/c23-14-8-7-13(10-1-2-10)21-22(14)12-5-3-11(4-6-12)19-16(24)15-17-9-18-20-15/h7-12H,1-6H2,(H,19,24)(H,17,18,20). The first-order valence-corrected chi connectivity index (χ1v) is 8.46. The van der Waals surface area contributed by atoms with Crippen LogP contribution in [0.25, 0.3) is 0 Å². The minimum Gasteiger partial charge on any atom is -0.347 e. The molecule has 2 heterocycles. The molecule has 126 valence electrons. The predicted molar refractivity (Wildman–Crippen MR) is 85.6 cm³/mol. The van der Waals surface area contributed by atoms with Gasteiger partial charge in [-0.1, -0.05) is 0 Å². The highest BCUT2D eigenvalue weighted by Gasteiger charge is 2.28. The summed E-state index contributed by atoms with van der Waals surface area (Å²) in [6.45, 7) is 0. The van der Waals surface area contributed by atoms with Crippen molar-refractivity contribution in [1.29, 1.82) is 0 Å².